The molecule has 1 atom stereocenters. The molecule has 0 fully saturated rings. The quantitative estimate of drug-likeness (QED) is 0.611. The van der Waals surface area contributed by atoms with Gasteiger partial charge in [0.25, 0.3) is 0 Å². The summed E-state index contributed by atoms with van der Waals surface area (Å²) in [4.78, 5) is 4.40. The average Bonchev–Trinajstić information content (AvgIpc) is 2.89. The van der Waals surface area contributed by atoms with Gasteiger partial charge in [-0.05, 0) is 0 Å². The molecular formula is C19H18Cl2CrN. The van der Waals surface area contributed by atoms with Crippen molar-refractivity contribution in [1.29, 1.82) is 0 Å². The van der Waals surface area contributed by atoms with Crippen molar-refractivity contribution in [3.63, 3.8) is 0 Å². The van der Waals surface area contributed by atoms with E-state index in [0.717, 1.165) is 25.0 Å². The Morgan fingerprint density at radius 3 is 2.39 bits per heavy atom. The first kappa shape index (κ1) is 20.0. The predicted molar refractivity (Wildman–Crippen MR) is 82.6 cm³/mol. The van der Waals surface area contributed by atoms with Crippen LogP contribution in [0.4, 0.5) is 0 Å². The Hall–Kier alpha value is -1.04. The van der Waals surface area contributed by atoms with E-state index in [1.165, 1.54) is 11.1 Å². The maximum atomic E-state index is 4.40. The zero-order valence-electron chi connectivity index (χ0n) is 12.7. The summed E-state index contributed by atoms with van der Waals surface area (Å²) in [6.45, 7) is 0. The summed E-state index contributed by atoms with van der Waals surface area (Å²) in [5, 5.41) is 0. The normalized spacial score (nSPS) is 18.7. The summed E-state index contributed by atoms with van der Waals surface area (Å²) in [7, 11) is 0. The van der Waals surface area contributed by atoms with Crippen molar-refractivity contribution in [1.82, 2.24) is 4.98 Å². The number of pyridine rings is 1. The monoisotopic (exact) mass is 382 g/mol. The van der Waals surface area contributed by atoms with Crippen LogP contribution in [0.5, 0.6) is 0 Å². The van der Waals surface area contributed by atoms with Crippen molar-refractivity contribution in [3.8, 4) is 0 Å². The van der Waals surface area contributed by atoms with Crippen LogP contribution < -0.4 is 24.8 Å². The van der Waals surface area contributed by atoms with Gasteiger partial charge in [-0.15, -0.1) is 0 Å². The Morgan fingerprint density at radius 1 is 0.957 bits per heavy atom. The fourth-order valence-corrected chi connectivity index (χ4v) is 3.13. The number of nitrogens with zero attached hydrogens (tertiary/aromatic N) is 1. The van der Waals surface area contributed by atoms with Crippen LogP contribution in [-0.2, 0) is 29.1 Å². The summed E-state index contributed by atoms with van der Waals surface area (Å²) in [6, 6.07) is 16.7. The van der Waals surface area contributed by atoms with Crippen LogP contribution in [0.2, 0.25) is 4.28 Å². The molecule has 0 N–H and O–H groups in total. The Kier molecular flexibility index (Phi) is 8.09. The molecule has 1 aliphatic rings. The molecule has 0 saturated carbocycles. The van der Waals surface area contributed by atoms with Crippen molar-refractivity contribution >= 4 is 0 Å². The molecule has 4 heteroatoms. The minimum absolute atomic E-state index is 0. The molecule has 1 heterocycles. The van der Waals surface area contributed by atoms with Gasteiger partial charge in [0, 0.05) is 0 Å². The molecule has 1 nitrogen and oxygen atoms in total. The molecule has 2 aromatic rings. The molecule has 3 rings (SSSR count). The molecule has 0 amide bonds. The SMILES string of the molecule is [Cl-].[Cl-].[Cr+2][C]1(CCc2ccccn2)C=CC(Cc2ccccc2)=C1. The van der Waals surface area contributed by atoms with E-state index < -0.39 is 0 Å². The van der Waals surface area contributed by atoms with E-state index in [1.807, 2.05) is 12.3 Å². The number of hydrogen-bond acceptors (Lipinski definition) is 1. The van der Waals surface area contributed by atoms with Crippen LogP contribution in [0.3, 0.4) is 0 Å². The number of aryl methyl sites for hydroxylation is 1. The second-order valence-electron chi connectivity index (χ2n) is 5.49. The van der Waals surface area contributed by atoms with Crippen LogP contribution in [0.15, 0.2) is 78.5 Å². The Balaban J connectivity index is 0.00000132. The van der Waals surface area contributed by atoms with Gasteiger partial charge in [-0.2, -0.15) is 0 Å². The first-order valence-corrected chi connectivity index (χ1v) is 7.93. The molecule has 1 aromatic carbocycles. The Bertz CT molecular complexity index is 656. The molecule has 1 unspecified atom stereocenters. The second-order valence-corrected chi connectivity index (χ2v) is 6.68. The zero-order valence-corrected chi connectivity index (χ0v) is 15.4. The minimum atomic E-state index is 0. The van der Waals surface area contributed by atoms with Crippen molar-refractivity contribution in [2.24, 2.45) is 0 Å². The van der Waals surface area contributed by atoms with E-state index in [0.29, 0.717) is 0 Å². The topological polar surface area (TPSA) is 12.9 Å². The van der Waals surface area contributed by atoms with Gasteiger partial charge in [-0.25, -0.2) is 0 Å². The van der Waals surface area contributed by atoms with Crippen molar-refractivity contribution in [3.05, 3.63) is 89.8 Å². The number of allylic oxidation sites excluding steroid dienone is 4. The van der Waals surface area contributed by atoms with Crippen molar-refractivity contribution in [2.75, 3.05) is 0 Å². The standard InChI is InChI=1S/C19H18N.2ClH.Cr/c1-2-6-16(7-3-1)14-18-10-9-17(15-18)11-12-19-8-4-5-13-20-19;;;/h1-10,13,15H,11-12,14H2;2*1H;/q;;;+2/p-2. The molecular weight excluding hydrogens is 365 g/mol. The summed E-state index contributed by atoms with van der Waals surface area (Å²) in [5.41, 5.74) is 3.91. The van der Waals surface area contributed by atoms with Crippen LogP contribution in [0.25, 0.3) is 0 Å². The fourth-order valence-electron chi connectivity index (χ4n) is 2.62. The van der Waals surface area contributed by atoms with Gasteiger partial charge in [0.1, 0.15) is 0 Å². The van der Waals surface area contributed by atoms with E-state index >= 15 is 0 Å². The summed E-state index contributed by atoms with van der Waals surface area (Å²) in [6.07, 6.45) is 11.8. The van der Waals surface area contributed by atoms with Crippen LogP contribution in [0, 0.1) is 0 Å². The van der Waals surface area contributed by atoms with Gasteiger partial charge in [0.15, 0.2) is 0 Å². The molecule has 119 valence electrons. The van der Waals surface area contributed by atoms with E-state index in [4.69, 9.17) is 0 Å². The van der Waals surface area contributed by atoms with E-state index in [1.54, 1.807) is 0 Å². The van der Waals surface area contributed by atoms with Gasteiger partial charge >= 0.3 is 135 Å². The fraction of sp³-hybridized carbons (Fsp3) is 0.211. The van der Waals surface area contributed by atoms with Gasteiger partial charge < -0.3 is 24.8 Å². The van der Waals surface area contributed by atoms with Gasteiger partial charge in [-0.1, -0.05) is 0 Å². The number of halogens is 2. The third kappa shape index (κ3) is 5.83. The van der Waals surface area contributed by atoms with Gasteiger partial charge in [0.05, 0.1) is 0 Å². The Morgan fingerprint density at radius 2 is 1.70 bits per heavy atom. The molecule has 23 heavy (non-hydrogen) atoms. The molecule has 1 aromatic heterocycles. The van der Waals surface area contributed by atoms with E-state index in [9.17, 15) is 0 Å². The number of aromatic nitrogens is 1. The van der Waals surface area contributed by atoms with E-state index in [-0.39, 0.29) is 29.1 Å². The van der Waals surface area contributed by atoms with E-state index in [2.05, 4.69) is 82.0 Å². The molecule has 0 aliphatic heterocycles. The summed E-state index contributed by atoms with van der Waals surface area (Å²) in [5.74, 6) is 0. The molecule has 0 bridgehead atoms. The van der Waals surface area contributed by atoms with Crippen molar-refractivity contribution < 1.29 is 41.1 Å². The third-order valence-corrected chi connectivity index (χ3v) is 4.47. The van der Waals surface area contributed by atoms with Crippen LogP contribution in [0.1, 0.15) is 17.7 Å². The predicted octanol–water partition coefficient (Wildman–Crippen LogP) is -1.53. The zero-order chi connectivity index (χ0) is 14.5. The first-order valence-electron chi connectivity index (χ1n) is 7.29. The number of rotatable bonds is 5. The second kappa shape index (κ2) is 9.30. The maximum absolute atomic E-state index is 4.40. The van der Waals surface area contributed by atoms with Crippen LogP contribution in [-0.4, -0.2) is 4.98 Å². The van der Waals surface area contributed by atoms with Crippen LogP contribution >= 0.6 is 0 Å². The number of benzene rings is 1. The number of hydrogen-bond donors (Lipinski definition) is 0. The Labute approximate surface area is 159 Å². The summed E-state index contributed by atoms with van der Waals surface area (Å²) < 4.78 is 0.0433. The van der Waals surface area contributed by atoms with Crippen molar-refractivity contribution in [2.45, 2.75) is 23.5 Å². The molecule has 0 spiro atoms. The molecule has 1 aliphatic carbocycles. The van der Waals surface area contributed by atoms with Gasteiger partial charge in [-0.3, -0.25) is 0 Å². The molecule has 0 radical (unpaired) electrons. The summed E-state index contributed by atoms with van der Waals surface area (Å²) >= 11 is 3.35. The first-order chi connectivity index (χ1) is 10.2. The molecule has 0 saturated heterocycles. The van der Waals surface area contributed by atoms with Gasteiger partial charge in [0.2, 0.25) is 0 Å². The average molecular weight is 383 g/mol. The third-order valence-electron chi connectivity index (χ3n) is 3.76.